The molecular formula is C19H20N2O4S. The van der Waals surface area contributed by atoms with E-state index in [9.17, 15) is 9.59 Å². The van der Waals surface area contributed by atoms with E-state index in [2.05, 4.69) is 10.6 Å². The molecule has 0 spiro atoms. The fourth-order valence-electron chi connectivity index (χ4n) is 2.43. The molecular weight excluding hydrogens is 352 g/mol. The van der Waals surface area contributed by atoms with Crippen LogP contribution in [0.2, 0.25) is 0 Å². The van der Waals surface area contributed by atoms with E-state index < -0.39 is 0 Å². The lowest BCUT2D eigenvalue weighted by atomic mass is 10.2. The zero-order valence-corrected chi connectivity index (χ0v) is 15.2. The number of anilines is 1. The normalized spacial score (nSPS) is 15.2. The van der Waals surface area contributed by atoms with Crippen molar-refractivity contribution in [2.45, 2.75) is 17.9 Å². The number of hydrogen-bond donors (Lipinski definition) is 2. The van der Waals surface area contributed by atoms with Gasteiger partial charge in [-0.05, 0) is 36.4 Å². The quantitative estimate of drug-likeness (QED) is 0.763. The lowest BCUT2D eigenvalue weighted by Crippen LogP contribution is -2.41. The van der Waals surface area contributed by atoms with Crippen LogP contribution in [0.3, 0.4) is 0 Å². The molecule has 2 aromatic rings. The first-order valence-corrected chi connectivity index (χ1v) is 9.24. The van der Waals surface area contributed by atoms with Gasteiger partial charge in [0.15, 0.2) is 11.5 Å². The number of amides is 2. The van der Waals surface area contributed by atoms with Gasteiger partial charge in [-0.15, -0.1) is 11.8 Å². The Hall–Kier alpha value is -2.67. The predicted octanol–water partition coefficient (Wildman–Crippen LogP) is 2.69. The topological polar surface area (TPSA) is 76.7 Å². The van der Waals surface area contributed by atoms with Gasteiger partial charge in [0.2, 0.25) is 11.8 Å². The average Bonchev–Trinajstić information content (AvgIpc) is 2.65. The van der Waals surface area contributed by atoms with Crippen LogP contribution in [0, 0.1) is 0 Å². The summed E-state index contributed by atoms with van der Waals surface area (Å²) in [7, 11) is 0. The van der Waals surface area contributed by atoms with Crippen molar-refractivity contribution in [1.82, 2.24) is 5.32 Å². The Kier molecular flexibility index (Phi) is 6.01. The van der Waals surface area contributed by atoms with Crippen molar-refractivity contribution in [3.63, 3.8) is 0 Å². The minimum Gasteiger partial charge on any atom is -0.486 e. The highest BCUT2D eigenvalue weighted by molar-refractivity contribution is 8.00. The standard InChI is InChI=1S/C19H20N2O4S/c1-13(22)21-14-6-8-16(9-7-14)26-12-19(23)20-10-15-11-24-17-4-2-3-5-18(17)25-15/h2-9,15H,10-12H2,1H3,(H,20,23)(H,21,22)/t15-/m1/s1. The molecule has 2 amide bonds. The van der Waals surface area contributed by atoms with Crippen molar-refractivity contribution in [3.8, 4) is 11.5 Å². The number of nitrogens with one attached hydrogen (secondary N) is 2. The second-order valence-electron chi connectivity index (χ2n) is 5.80. The Labute approximate surface area is 156 Å². The highest BCUT2D eigenvalue weighted by atomic mass is 32.2. The summed E-state index contributed by atoms with van der Waals surface area (Å²) in [5.74, 6) is 1.56. The van der Waals surface area contributed by atoms with Crippen LogP contribution in [0.4, 0.5) is 5.69 Å². The molecule has 6 nitrogen and oxygen atoms in total. The molecule has 7 heteroatoms. The Morgan fingerprint density at radius 1 is 1.12 bits per heavy atom. The van der Waals surface area contributed by atoms with E-state index in [1.54, 1.807) is 0 Å². The number of para-hydroxylation sites is 2. The summed E-state index contributed by atoms with van der Waals surface area (Å²) in [6, 6.07) is 14.9. The summed E-state index contributed by atoms with van der Waals surface area (Å²) in [5, 5.41) is 5.58. The first-order chi connectivity index (χ1) is 12.6. The van der Waals surface area contributed by atoms with Crippen LogP contribution in [0.25, 0.3) is 0 Å². The molecule has 2 N–H and O–H groups in total. The lowest BCUT2D eigenvalue weighted by Gasteiger charge is -2.26. The largest absolute Gasteiger partial charge is 0.486 e. The number of carbonyl (C=O) groups excluding carboxylic acids is 2. The molecule has 0 saturated heterocycles. The van der Waals surface area contributed by atoms with Gasteiger partial charge in [-0.3, -0.25) is 9.59 Å². The third-order valence-corrected chi connectivity index (χ3v) is 4.65. The fraction of sp³-hybridized carbons (Fsp3) is 0.263. The molecule has 1 aliphatic rings. The maximum absolute atomic E-state index is 12.0. The molecule has 0 saturated carbocycles. The van der Waals surface area contributed by atoms with Gasteiger partial charge >= 0.3 is 0 Å². The van der Waals surface area contributed by atoms with E-state index in [1.807, 2.05) is 48.5 Å². The molecule has 0 radical (unpaired) electrons. The zero-order valence-electron chi connectivity index (χ0n) is 14.4. The number of ether oxygens (including phenoxy) is 2. The maximum Gasteiger partial charge on any atom is 0.230 e. The van der Waals surface area contributed by atoms with Crippen LogP contribution in [-0.2, 0) is 9.59 Å². The summed E-state index contributed by atoms with van der Waals surface area (Å²) in [5.41, 5.74) is 0.737. The SMILES string of the molecule is CC(=O)Nc1ccc(SCC(=O)NC[C@@H]2COc3ccccc3O2)cc1. The molecule has 1 heterocycles. The van der Waals surface area contributed by atoms with Gasteiger partial charge in [-0.2, -0.15) is 0 Å². The summed E-state index contributed by atoms with van der Waals surface area (Å²) < 4.78 is 11.4. The van der Waals surface area contributed by atoms with Gasteiger partial charge in [0, 0.05) is 17.5 Å². The van der Waals surface area contributed by atoms with E-state index in [0.717, 1.165) is 16.3 Å². The Morgan fingerprint density at radius 3 is 2.58 bits per heavy atom. The Balaban J connectivity index is 1.40. The van der Waals surface area contributed by atoms with E-state index in [-0.39, 0.29) is 17.9 Å². The number of thioether (sulfide) groups is 1. The van der Waals surface area contributed by atoms with Crippen molar-refractivity contribution in [1.29, 1.82) is 0 Å². The van der Waals surface area contributed by atoms with Gasteiger partial charge < -0.3 is 20.1 Å². The van der Waals surface area contributed by atoms with Crippen LogP contribution in [0.1, 0.15) is 6.92 Å². The highest BCUT2D eigenvalue weighted by Gasteiger charge is 2.20. The molecule has 0 aliphatic carbocycles. The average molecular weight is 372 g/mol. The van der Waals surface area contributed by atoms with Crippen LogP contribution in [-0.4, -0.2) is 36.8 Å². The third kappa shape index (κ3) is 5.16. The molecule has 3 rings (SSSR count). The second kappa shape index (κ2) is 8.62. The monoisotopic (exact) mass is 372 g/mol. The van der Waals surface area contributed by atoms with Gasteiger partial charge in [-0.25, -0.2) is 0 Å². The van der Waals surface area contributed by atoms with Gasteiger partial charge in [0.25, 0.3) is 0 Å². The molecule has 1 atom stereocenters. The van der Waals surface area contributed by atoms with Crippen molar-refractivity contribution < 1.29 is 19.1 Å². The van der Waals surface area contributed by atoms with Crippen LogP contribution in [0.15, 0.2) is 53.4 Å². The number of carbonyl (C=O) groups is 2. The molecule has 0 fully saturated rings. The maximum atomic E-state index is 12.0. The minimum atomic E-state index is -0.198. The molecule has 26 heavy (non-hydrogen) atoms. The summed E-state index contributed by atoms with van der Waals surface area (Å²) >= 11 is 1.43. The van der Waals surface area contributed by atoms with E-state index in [0.29, 0.717) is 24.7 Å². The van der Waals surface area contributed by atoms with Crippen LogP contribution >= 0.6 is 11.8 Å². The molecule has 136 valence electrons. The number of rotatable bonds is 6. The fourth-order valence-corrected chi connectivity index (χ4v) is 3.16. The van der Waals surface area contributed by atoms with E-state index >= 15 is 0 Å². The van der Waals surface area contributed by atoms with E-state index in [4.69, 9.17) is 9.47 Å². The van der Waals surface area contributed by atoms with Crippen LogP contribution < -0.4 is 20.1 Å². The summed E-state index contributed by atoms with van der Waals surface area (Å²) in [6.45, 7) is 2.27. The Morgan fingerprint density at radius 2 is 1.85 bits per heavy atom. The molecule has 0 unspecified atom stereocenters. The Bertz CT molecular complexity index is 779. The molecule has 0 bridgehead atoms. The second-order valence-corrected chi connectivity index (χ2v) is 6.84. The van der Waals surface area contributed by atoms with Gasteiger partial charge in [-0.1, -0.05) is 12.1 Å². The van der Waals surface area contributed by atoms with Crippen LogP contribution in [0.5, 0.6) is 11.5 Å². The molecule has 0 aromatic heterocycles. The number of fused-ring (bicyclic) bond motifs is 1. The van der Waals surface area contributed by atoms with Gasteiger partial charge in [0.05, 0.1) is 12.3 Å². The van der Waals surface area contributed by atoms with Crippen molar-refractivity contribution in [3.05, 3.63) is 48.5 Å². The summed E-state index contributed by atoms with van der Waals surface area (Å²) in [6.07, 6.45) is -0.198. The van der Waals surface area contributed by atoms with Crippen molar-refractivity contribution in [2.75, 3.05) is 24.2 Å². The first-order valence-electron chi connectivity index (χ1n) is 8.26. The van der Waals surface area contributed by atoms with Crippen molar-refractivity contribution >= 4 is 29.3 Å². The third-order valence-electron chi connectivity index (χ3n) is 3.64. The molecule has 2 aromatic carbocycles. The predicted molar refractivity (Wildman–Crippen MR) is 101 cm³/mol. The lowest BCUT2D eigenvalue weighted by molar-refractivity contribution is -0.119. The number of hydrogen-bond acceptors (Lipinski definition) is 5. The first kappa shape index (κ1) is 18.1. The van der Waals surface area contributed by atoms with Crippen molar-refractivity contribution in [2.24, 2.45) is 0 Å². The number of benzene rings is 2. The molecule has 1 aliphatic heterocycles. The van der Waals surface area contributed by atoms with Gasteiger partial charge in [0.1, 0.15) is 12.7 Å². The minimum absolute atomic E-state index is 0.0663. The van der Waals surface area contributed by atoms with E-state index in [1.165, 1.54) is 18.7 Å². The highest BCUT2D eigenvalue weighted by Crippen LogP contribution is 2.30. The smallest absolute Gasteiger partial charge is 0.230 e. The zero-order chi connectivity index (χ0) is 18.4. The summed E-state index contributed by atoms with van der Waals surface area (Å²) in [4.78, 5) is 24.0.